The number of ether oxygens (including phenoxy) is 4. The lowest BCUT2D eigenvalue weighted by Gasteiger charge is -2.19. The fourth-order valence-corrected chi connectivity index (χ4v) is 5.53. The van der Waals surface area contributed by atoms with E-state index in [0.717, 1.165) is 26.9 Å². The molecule has 0 aromatic heterocycles. The van der Waals surface area contributed by atoms with Crippen molar-refractivity contribution in [2.24, 2.45) is 0 Å². The molecule has 0 spiro atoms. The molecule has 2 aliphatic heterocycles. The Bertz CT molecular complexity index is 1480. The molecule has 0 N–H and O–H groups in total. The van der Waals surface area contributed by atoms with Gasteiger partial charge in [0.05, 0.1) is 11.4 Å². The summed E-state index contributed by atoms with van der Waals surface area (Å²) in [4.78, 5) is 27.4. The van der Waals surface area contributed by atoms with Gasteiger partial charge in [-0.1, -0.05) is 66.5 Å². The van der Waals surface area contributed by atoms with E-state index in [2.05, 4.69) is 48.8 Å². The Balaban J connectivity index is 1.24. The number of halogens is 2. The van der Waals surface area contributed by atoms with Crippen LogP contribution in [-0.4, -0.2) is 36.1 Å². The summed E-state index contributed by atoms with van der Waals surface area (Å²) in [5.74, 6) is 1.99. The van der Waals surface area contributed by atoms with Crippen LogP contribution in [0, 0.1) is 0 Å². The topological polar surface area (TPSA) is 74.3 Å². The molecule has 10 heteroatoms. The molecule has 5 rings (SSSR count). The Hall–Kier alpha value is -3.14. The summed E-state index contributed by atoms with van der Waals surface area (Å²) >= 11 is 10.7. The summed E-state index contributed by atoms with van der Waals surface area (Å²) in [6, 6.07) is 16.9. The van der Waals surface area contributed by atoms with Gasteiger partial charge in [0.2, 0.25) is 6.79 Å². The van der Waals surface area contributed by atoms with Gasteiger partial charge in [0.15, 0.2) is 11.5 Å². The number of hydrogen-bond donors (Lipinski definition) is 0. The average molecular weight is 645 g/mol. The Morgan fingerprint density at radius 3 is 2.42 bits per heavy atom. The van der Waals surface area contributed by atoms with E-state index in [4.69, 9.17) is 30.5 Å². The van der Waals surface area contributed by atoms with E-state index in [-0.39, 0.29) is 24.0 Å². The van der Waals surface area contributed by atoms with Crippen LogP contribution in [-0.2, 0) is 16.8 Å². The quantitative estimate of drug-likeness (QED) is 0.183. The monoisotopic (exact) mass is 643 g/mol. The minimum absolute atomic E-state index is 0.0231. The number of fused-ring (bicyclic) bond motifs is 1. The second-order valence-electron chi connectivity index (χ2n) is 10.2. The van der Waals surface area contributed by atoms with Gasteiger partial charge in [-0.25, -0.2) is 0 Å². The van der Waals surface area contributed by atoms with Crippen LogP contribution in [0.2, 0.25) is 5.02 Å². The number of carbonyl (C=O) groups excluding carboxylic acids is 2. The van der Waals surface area contributed by atoms with Crippen LogP contribution < -0.4 is 18.9 Å². The Labute approximate surface area is 250 Å². The largest absolute Gasteiger partial charge is 0.490 e. The van der Waals surface area contributed by atoms with Crippen molar-refractivity contribution in [1.82, 2.24) is 4.90 Å². The molecule has 0 unspecified atom stereocenters. The van der Waals surface area contributed by atoms with E-state index in [1.165, 1.54) is 5.56 Å². The molecule has 3 aromatic rings. The molecule has 0 aliphatic carbocycles. The number of carbonyl (C=O) groups is 2. The Morgan fingerprint density at radius 2 is 1.70 bits per heavy atom. The minimum Gasteiger partial charge on any atom is -0.490 e. The first kappa shape index (κ1) is 28.4. The lowest BCUT2D eigenvalue weighted by atomic mass is 9.87. The standard InChI is InChI=1S/C30H27BrClNO6S/c1-30(2,3)20-5-8-22(9-6-20)36-10-11-37-24-14-21(31)7-4-18(24)13-27-28(34)33(29(35)40-27)16-19-12-25-26(15-23(19)32)39-17-38-25/h4-9,12-15H,10-11,16-17H2,1-3H3/b27-13-. The first-order valence-electron chi connectivity index (χ1n) is 12.6. The van der Waals surface area contributed by atoms with E-state index >= 15 is 0 Å². The molecule has 40 heavy (non-hydrogen) atoms. The minimum atomic E-state index is -0.403. The molecule has 0 radical (unpaired) electrons. The average Bonchev–Trinajstić information content (AvgIpc) is 3.46. The SMILES string of the molecule is CC(C)(C)c1ccc(OCCOc2cc(Br)ccc2/C=C2\SC(=O)N(Cc3cc4c(cc3Cl)OCO4)C2=O)cc1. The second kappa shape index (κ2) is 11.8. The van der Waals surface area contributed by atoms with E-state index in [1.54, 1.807) is 18.2 Å². The lowest BCUT2D eigenvalue weighted by molar-refractivity contribution is -0.123. The number of thioether (sulfide) groups is 1. The van der Waals surface area contributed by atoms with Crippen molar-refractivity contribution in [3.8, 4) is 23.0 Å². The second-order valence-corrected chi connectivity index (χ2v) is 12.5. The van der Waals surface area contributed by atoms with Gasteiger partial charge in [-0.05, 0) is 64.7 Å². The van der Waals surface area contributed by atoms with Gasteiger partial charge in [0.1, 0.15) is 24.7 Å². The van der Waals surface area contributed by atoms with Crippen molar-refractivity contribution in [3.05, 3.63) is 85.7 Å². The Morgan fingerprint density at radius 1 is 1.00 bits per heavy atom. The van der Waals surface area contributed by atoms with Crippen molar-refractivity contribution in [1.29, 1.82) is 0 Å². The van der Waals surface area contributed by atoms with Crippen LogP contribution in [0.3, 0.4) is 0 Å². The molecule has 3 aromatic carbocycles. The van der Waals surface area contributed by atoms with Crippen LogP contribution >= 0.6 is 39.3 Å². The van der Waals surface area contributed by atoms with Crippen LogP contribution in [0.15, 0.2) is 64.0 Å². The summed E-state index contributed by atoms with van der Waals surface area (Å²) < 4.78 is 23.4. The molecule has 0 saturated carbocycles. The molecule has 2 amide bonds. The van der Waals surface area contributed by atoms with Gasteiger partial charge in [0.25, 0.3) is 11.1 Å². The maximum absolute atomic E-state index is 13.2. The third-order valence-electron chi connectivity index (χ3n) is 6.34. The number of rotatable bonds is 8. The fourth-order valence-electron chi connectivity index (χ4n) is 4.14. The number of nitrogens with zero attached hydrogens (tertiary/aromatic N) is 1. The van der Waals surface area contributed by atoms with E-state index in [9.17, 15) is 9.59 Å². The normalized spacial score (nSPS) is 15.7. The zero-order valence-electron chi connectivity index (χ0n) is 22.2. The number of amides is 2. The van der Waals surface area contributed by atoms with Gasteiger partial charge >= 0.3 is 0 Å². The molecule has 2 aliphatic rings. The zero-order valence-corrected chi connectivity index (χ0v) is 25.3. The van der Waals surface area contributed by atoms with Crippen molar-refractivity contribution < 1.29 is 28.5 Å². The van der Waals surface area contributed by atoms with Gasteiger partial charge in [-0.2, -0.15) is 0 Å². The third-order valence-corrected chi connectivity index (χ3v) is 8.09. The third kappa shape index (κ3) is 6.43. The molecular weight excluding hydrogens is 618 g/mol. The zero-order chi connectivity index (χ0) is 28.4. The summed E-state index contributed by atoms with van der Waals surface area (Å²) in [5.41, 5.74) is 2.57. The maximum Gasteiger partial charge on any atom is 0.293 e. The van der Waals surface area contributed by atoms with Gasteiger partial charge in [0, 0.05) is 21.1 Å². The lowest BCUT2D eigenvalue weighted by Crippen LogP contribution is -2.27. The summed E-state index contributed by atoms with van der Waals surface area (Å²) in [6.45, 7) is 7.27. The van der Waals surface area contributed by atoms with Crippen molar-refractivity contribution in [3.63, 3.8) is 0 Å². The van der Waals surface area contributed by atoms with Crippen LogP contribution in [0.4, 0.5) is 4.79 Å². The van der Waals surface area contributed by atoms with E-state index in [1.807, 2.05) is 30.3 Å². The molecule has 1 fully saturated rings. The van der Waals surface area contributed by atoms with Gasteiger partial charge in [-0.15, -0.1) is 0 Å². The van der Waals surface area contributed by atoms with Crippen LogP contribution in [0.1, 0.15) is 37.5 Å². The molecular formula is C30H27BrClNO6S. The number of imide groups is 1. The molecule has 7 nitrogen and oxygen atoms in total. The van der Waals surface area contributed by atoms with Gasteiger partial charge < -0.3 is 18.9 Å². The highest BCUT2D eigenvalue weighted by molar-refractivity contribution is 9.10. The van der Waals surface area contributed by atoms with Crippen molar-refractivity contribution in [2.45, 2.75) is 32.7 Å². The molecule has 0 bridgehead atoms. The first-order chi connectivity index (χ1) is 19.1. The van der Waals surface area contributed by atoms with Crippen molar-refractivity contribution in [2.75, 3.05) is 20.0 Å². The smallest absolute Gasteiger partial charge is 0.293 e. The summed E-state index contributed by atoms with van der Waals surface area (Å²) in [6.07, 6.45) is 1.67. The molecule has 208 valence electrons. The molecule has 1 saturated heterocycles. The maximum atomic E-state index is 13.2. The van der Waals surface area contributed by atoms with Gasteiger partial charge in [-0.3, -0.25) is 14.5 Å². The number of benzene rings is 3. The predicted octanol–water partition coefficient (Wildman–Crippen LogP) is 7.82. The first-order valence-corrected chi connectivity index (χ1v) is 14.6. The molecule has 0 atom stereocenters. The predicted molar refractivity (Wildman–Crippen MR) is 159 cm³/mol. The highest BCUT2D eigenvalue weighted by Crippen LogP contribution is 2.40. The van der Waals surface area contributed by atoms with E-state index < -0.39 is 5.91 Å². The summed E-state index contributed by atoms with van der Waals surface area (Å²) in [7, 11) is 0. The van der Waals surface area contributed by atoms with Crippen LogP contribution in [0.25, 0.3) is 6.08 Å². The highest BCUT2D eigenvalue weighted by Gasteiger charge is 2.36. The molecule has 2 heterocycles. The summed E-state index contributed by atoms with van der Waals surface area (Å²) in [5, 5.41) is 0.0127. The highest BCUT2D eigenvalue weighted by atomic mass is 79.9. The van der Waals surface area contributed by atoms with Crippen molar-refractivity contribution >= 4 is 56.5 Å². The van der Waals surface area contributed by atoms with Crippen LogP contribution in [0.5, 0.6) is 23.0 Å². The van der Waals surface area contributed by atoms with E-state index in [0.29, 0.717) is 51.5 Å². The number of hydrogen-bond acceptors (Lipinski definition) is 7. The Kier molecular flexibility index (Phi) is 8.35. The fraction of sp³-hybridized carbons (Fsp3) is 0.267.